The molecule has 1 aliphatic rings. The molecule has 1 fully saturated rings. The van der Waals surface area contributed by atoms with Crippen LogP contribution in [-0.2, 0) is 9.53 Å². The van der Waals surface area contributed by atoms with Gasteiger partial charge in [-0.25, -0.2) is 4.79 Å². The van der Waals surface area contributed by atoms with E-state index in [1.54, 1.807) is 4.90 Å². The molecule has 1 aliphatic heterocycles. The summed E-state index contributed by atoms with van der Waals surface area (Å²) in [6, 6.07) is 11.0. The number of nitrogens with two attached hydrogens (primary N) is 1. The zero-order valence-corrected chi connectivity index (χ0v) is 16.2. The van der Waals surface area contributed by atoms with Crippen LogP contribution >= 0.6 is 11.6 Å². The van der Waals surface area contributed by atoms with Gasteiger partial charge in [0.1, 0.15) is 0 Å². The highest BCUT2D eigenvalue weighted by atomic mass is 35.5. The van der Waals surface area contributed by atoms with E-state index in [1.807, 2.05) is 24.3 Å². The molecule has 1 saturated heterocycles. The molecule has 0 aromatic heterocycles. The van der Waals surface area contributed by atoms with Crippen molar-refractivity contribution in [2.75, 3.05) is 43.4 Å². The van der Waals surface area contributed by atoms with Crippen molar-refractivity contribution in [3.63, 3.8) is 0 Å². The van der Waals surface area contributed by atoms with Crippen LogP contribution in [0.3, 0.4) is 0 Å². The van der Waals surface area contributed by atoms with Gasteiger partial charge >= 0.3 is 5.97 Å². The highest BCUT2D eigenvalue weighted by Crippen LogP contribution is 2.26. The van der Waals surface area contributed by atoms with E-state index in [0.29, 0.717) is 31.2 Å². The maximum absolute atomic E-state index is 12.4. The Kier molecular flexibility index (Phi) is 6.18. The molecule has 1 amide bonds. The van der Waals surface area contributed by atoms with Gasteiger partial charge in [-0.15, -0.1) is 0 Å². The van der Waals surface area contributed by atoms with Gasteiger partial charge in [0.15, 0.2) is 6.61 Å². The average Bonchev–Trinajstić information content (AvgIpc) is 2.72. The highest BCUT2D eigenvalue weighted by Gasteiger charge is 2.24. The van der Waals surface area contributed by atoms with E-state index < -0.39 is 17.5 Å². The molecule has 0 spiro atoms. The maximum atomic E-state index is 12.4. The number of carbonyl (C=O) groups excluding carboxylic acids is 2. The number of amides is 1. The lowest BCUT2D eigenvalue weighted by molar-refractivity contribution is -0.384. The highest BCUT2D eigenvalue weighted by molar-refractivity contribution is 6.33. The van der Waals surface area contributed by atoms with Crippen molar-refractivity contribution in [1.82, 2.24) is 4.90 Å². The summed E-state index contributed by atoms with van der Waals surface area (Å²) in [6.45, 7) is 1.65. The Morgan fingerprint density at radius 2 is 1.83 bits per heavy atom. The number of anilines is 2. The second kappa shape index (κ2) is 8.78. The molecule has 0 saturated carbocycles. The van der Waals surface area contributed by atoms with Crippen molar-refractivity contribution in [3.8, 4) is 0 Å². The third-order valence-corrected chi connectivity index (χ3v) is 4.94. The molecule has 0 aliphatic carbocycles. The monoisotopic (exact) mass is 418 g/mol. The number of ether oxygens (including phenoxy) is 1. The van der Waals surface area contributed by atoms with Crippen LogP contribution in [0.15, 0.2) is 42.5 Å². The van der Waals surface area contributed by atoms with Gasteiger partial charge in [-0.3, -0.25) is 14.9 Å². The molecule has 9 nitrogen and oxygen atoms in total. The number of para-hydroxylation sites is 1. The Hall–Kier alpha value is -3.33. The lowest BCUT2D eigenvalue weighted by Crippen LogP contribution is -2.50. The summed E-state index contributed by atoms with van der Waals surface area (Å²) in [6.07, 6.45) is 0. The number of esters is 1. The molecule has 29 heavy (non-hydrogen) atoms. The summed E-state index contributed by atoms with van der Waals surface area (Å²) in [5.74, 6) is -1.23. The molecule has 1 heterocycles. The van der Waals surface area contributed by atoms with Crippen molar-refractivity contribution in [2.45, 2.75) is 0 Å². The number of rotatable bonds is 5. The number of benzene rings is 2. The fraction of sp³-hybridized carbons (Fsp3) is 0.263. The smallest absolute Gasteiger partial charge is 0.341 e. The molecule has 0 unspecified atom stereocenters. The standard InChI is InChI=1S/C19H19ClN4O5/c20-15-3-1-2-4-17(15)22-7-9-23(10-8-22)18(25)12-29-19(26)14-11-13(24(27)28)5-6-16(14)21/h1-6,11H,7-10,12,21H2. The van der Waals surface area contributed by atoms with Crippen LogP contribution in [0.1, 0.15) is 10.4 Å². The van der Waals surface area contributed by atoms with Gasteiger partial charge in [-0.1, -0.05) is 23.7 Å². The number of hydrogen-bond acceptors (Lipinski definition) is 7. The number of non-ortho nitro benzene ring substituents is 1. The van der Waals surface area contributed by atoms with Crippen LogP contribution < -0.4 is 10.6 Å². The van der Waals surface area contributed by atoms with Crippen molar-refractivity contribution >= 4 is 40.5 Å². The van der Waals surface area contributed by atoms with Crippen molar-refractivity contribution in [2.24, 2.45) is 0 Å². The zero-order chi connectivity index (χ0) is 21.0. The minimum atomic E-state index is -0.880. The summed E-state index contributed by atoms with van der Waals surface area (Å²) in [5.41, 5.74) is 6.21. The van der Waals surface area contributed by atoms with Gasteiger partial charge in [-0.05, 0) is 18.2 Å². The van der Waals surface area contributed by atoms with Gasteiger partial charge in [0, 0.05) is 44.0 Å². The summed E-state index contributed by atoms with van der Waals surface area (Å²) in [5, 5.41) is 11.5. The first kappa shape index (κ1) is 20.4. The maximum Gasteiger partial charge on any atom is 0.341 e. The van der Waals surface area contributed by atoms with E-state index in [1.165, 1.54) is 12.1 Å². The molecular formula is C19H19ClN4O5. The Labute approximate surface area is 171 Å². The predicted octanol–water partition coefficient (Wildman–Crippen LogP) is 2.34. The number of carbonyl (C=O) groups is 2. The Morgan fingerprint density at radius 3 is 2.48 bits per heavy atom. The quantitative estimate of drug-likeness (QED) is 0.342. The molecule has 3 rings (SSSR count). The molecule has 2 N–H and O–H groups in total. The molecule has 0 bridgehead atoms. The fourth-order valence-corrected chi connectivity index (χ4v) is 3.29. The summed E-state index contributed by atoms with van der Waals surface area (Å²) < 4.78 is 5.02. The van der Waals surface area contributed by atoms with Crippen LogP contribution in [0.4, 0.5) is 17.1 Å². The van der Waals surface area contributed by atoms with Gasteiger partial charge in [0.2, 0.25) is 0 Å². The van der Waals surface area contributed by atoms with Crippen LogP contribution in [0.25, 0.3) is 0 Å². The van der Waals surface area contributed by atoms with Crippen LogP contribution in [0, 0.1) is 10.1 Å². The fourth-order valence-electron chi connectivity index (χ4n) is 3.04. The minimum absolute atomic E-state index is 0.0430. The molecule has 0 atom stereocenters. The number of halogens is 1. The number of nitrogens with zero attached hydrogens (tertiary/aromatic N) is 3. The summed E-state index contributed by atoms with van der Waals surface area (Å²) >= 11 is 6.21. The van der Waals surface area contributed by atoms with E-state index >= 15 is 0 Å². The Bertz CT molecular complexity index is 944. The van der Waals surface area contributed by atoms with E-state index in [2.05, 4.69) is 4.90 Å². The minimum Gasteiger partial charge on any atom is -0.452 e. The van der Waals surface area contributed by atoms with Gasteiger partial charge in [0.25, 0.3) is 11.6 Å². The molecular weight excluding hydrogens is 400 g/mol. The predicted molar refractivity (Wildman–Crippen MR) is 108 cm³/mol. The lowest BCUT2D eigenvalue weighted by Gasteiger charge is -2.36. The summed E-state index contributed by atoms with van der Waals surface area (Å²) in [4.78, 5) is 38.4. The van der Waals surface area contributed by atoms with Crippen molar-refractivity contribution in [1.29, 1.82) is 0 Å². The molecule has 2 aromatic rings. The van der Waals surface area contributed by atoms with E-state index in [0.717, 1.165) is 11.8 Å². The van der Waals surface area contributed by atoms with Crippen LogP contribution in [-0.4, -0.2) is 54.5 Å². The van der Waals surface area contributed by atoms with Gasteiger partial charge in [-0.2, -0.15) is 0 Å². The van der Waals surface area contributed by atoms with Gasteiger partial charge in [0.05, 0.1) is 21.2 Å². The van der Waals surface area contributed by atoms with E-state index in [-0.39, 0.29) is 22.8 Å². The number of hydrogen-bond donors (Lipinski definition) is 1. The Balaban J connectivity index is 1.54. The molecule has 2 aromatic carbocycles. The van der Waals surface area contributed by atoms with E-state index in [9.17, 15) is 19.7 Å². The normalized spacial score (nSPS) is 13.8. The van der Waals surface area contributed by atoms with Gasteiger partial charge < -0.3 is 20.3 Å². The van der Waals surface area contributed by atoms with Crippen molar-refractivity contribution < 1.29 is 19.2 Å². The topological polar surface area (TPSA) is 119 Å². The van der Waals surface area contributed by atoms with Crippen LogP contribution in [0.2, 0.25) is 5.02 Å². The average molecular weight is 419 g/mol. The largest absolute Gasteiger partial charge is 0.452 e. The lowest BCUT2D eigenvalue weighted by atomic mass is 10.1. The Morgan fingerprint density at radius 1 is 1.14 bits per heavy atom. The number of nitrogen functional groups attached to an aromatic ring is 1. The SMILES string of the molecule is Nc1ccc([N+](=O)[O-])cc1C(=O)OCC(=O)N1CCN(c2ccccc2Cl)CC1. The number of nitro benzene ring substituents is 1. The van der Waals surface area contributed by atoms with E-state index in [4.69, 9.17) is 22.1 Å². The molecule has 0 radical (unpaired) electrons. The zero-order valence-electron chi connectivity index (χ0n) is 15.4. The summed E-state index contributed by atoms with van der Waals surface area (Å²) in [7, 11) is 0. The number of nitro groups is 1. The first-order valence-electron chi connectivity index (χ1n) is 8.85. The molecule has 152 valence electrons. The first-order chi connectivity index (χ1) is 13.9. The second-order valence-corrected chi connectivity index (χ2v) is 6.83. The van der Waals surface area contributed by atoms with Crippen LogP contribution in [0.5, 0.6) is 0 Å². The first-order valence-corrected chi connectivity index (χ1v) is 9.23. The van der Waals surface area contributed by atoms with Crippen molar-refractivity contribution in [3.05, 3.63) is 63.2 Å². The third-order valence-electron chi connectivity index (χ3n) is 4.62. The second-order valence-electron chi connectivity index (χ2n) is 6.42. The third kappa shape index (κ3) is 4.75. The number of piperazine rings is 1. The molecule has 10 heteroatoms.